The molecule has 0 aliphatic carbocycles. The van der Waals surface area contributed by atoms with Gasteiger partial charge in [-0.1, -0.05) is 0 Å². The normalized spacial score (nSPS) is 10.9. The van der Waals surface area contributed by atoms with Crippen molar-refractivity contribution in [3.63, 3.8) is 0 Å². The molecule has 5 heteroatoms. The molecule has 2 rings (SSSR count). The van der Waals surface area contributed by atoms with E-state index in [0.717, 1.165) is 36.2 Å². The van der Waals surface area contributed by atoms with Crippen molar-refractivity contribution < 1.29 is 9.90 Å². The zero-order chi connectivity index (χ0) is 12.3. The fraction of sp³-hybridized carbons (Fsp3) is 0.333. The van der Waals surface area contributed by atoms with Gasteiger partial charge in [0.15, 0.2) is 0 Å². The van der Waals surface area contributed by atoms with Gasteiger partial charge < -0.3 is 15.4 Å². The Bertz CT molecular complexity index is 534. The number of benzene rings is 1. The second kappa shape index (κ2) is 4.97. The van der Waals surface area contributed by atoms with Crippen molar-refractivity contribution in [3.05, 3.63) is 29.6 Å². The van der Waals surface area contributed by atoms with Gasteiger partial charge in [0.25, 0.3) is 0 Å². The number of rotatable bonds is 5. The van der Waals surface area contributed by atoms with E-state index in [1.807, 2.05) is 7.05 Å². The zero-order valence-corrected chi connectivity index (χ0v) is 9.66. The van der Waals surface area contributed by atoms with Gasteiger partial charge in [0.1, 0.15) is 5.82 Å². The second-order valence-electron chi connectivity index (χ2n) is 3.93. The van der Waals surface area contributed by atoms with E-state index in [1.54, 1.807) is 18.2 Å². The first-order valence-electron chi connectivity index (χ1n) is 5.57. The average molecular weight is 233 g/mol. The number of carboxylic acid groups (broad SMARTS) is 1. The maximum absolute atomic E-state index is 10.8. The molecule has 0 aliphatic heterocycles. The molecular weight excluding hydrogens is 218 g/mol. The fourth-order valence-electron chi connectivity index (χ4n) is 1.75. The molecule has 5 nitrogen and oxygen atoms in total. The molecule has 1 aromatic carbocycles. The van der Waals surface area contributed by atoms with Crippen molar-refractivity contribution in [3.8, 4) is 0 Å². The summed E-state index contributed by atoms with van der Waals surface area (Å²) in [4.78, 5) is 18.4. The summed E-state index contributed by atoms with van der Waals surface area (Å²) >= 11 is 0. The van der Waals surface area contributed by atoms with E-state index in [4.69, 9.17) is 5.11 Å². The minimum Gasteiger partial charge on any atom is -0.478 e. The lowest BCUT2D eigenvalue weighted by Crippen LogP contribution is -2.08. The summed E-state index contributed by atoms with van der Waals surface area (Å²) in [6.07, 6.45) is 1.86. The average Bonchev–Trinajstić information content (AvgIpc) is 2.70. The topological polar surface area (TPSA) is 78.0 Å². The fourth-order valence-corrected chi connectivity index (χ4v) is 1.75. The summed E-state index contributed by atoms with van der Waals surface area (Å²) in [5.41, 5.74) is 1.88. The van der Waals surface area contributed by atoms with Crippen molar-refractivity contribution in [2.75, 3.05) is 13.6 Å². The molecule has 0 bridgehead atoms. The van der Waals surface area contributed by atoms with E-state index in [9.17, 15) is 4.79 Å². The Hall–Kier alpha value is -1.88. The van der Waals surface area contributed by atoms with Crippen molar-refractivity contribution in [2.24, 2.45) is 0 Å². The Balaban J connectivity index is 2.21. The number of aryl methyl sites for hydroxylation is 1. The lowest BCUT2D eigenvalue weighted by atomic mass is 10.2. The van der Waals surface area contributed by atoms with E-state index < -0.39 is 5.97 Å². The number of carbonyl (C=O) groups is 1. The maximum Gasteiger partial charge on any atom is 0.335 e. The molecule has 3 N–H and O–H groups in total. The molecule has 90 valence electrons. The van der Waals surface area contributed by atoms with E-state index in [-0.39, 0.29) is 5.56 Å². The second-order valence-corrected chi connectivity index (χ2v) is 3.93. The van der Waals surface area contributed by atoms with Gasteiger partial charge in [0.2, 0.25) is 0 Å². The number of aromatic nitrogens is 2. The number of hydrogen-bond donors (Lipinski definition) is 3. The maximum atomic E-state index is 10.8. The predicted octanol–water partition coefficient (Wildman–Crippen LogP) is 1.41. The van der Waals surface area contributed by atoms with Crippen LogP contribution >= 0.6 is 0 Å². The number of fused-ring (bicyclic) bond motifs is 1. The number of nitrogens with one attached hydrogen (secondary N) is 2. The monoisotopic (exact) mass is 233 g/mol. The third kappa shape index (κ3) is 2.62. The van der Waals surface area contributed by atoms with E-state index >= 15 is 0 Å². The minimum atomic E-state index is -0.918. The third-order valence-corrected chi connectivity index (χ3v) is 2.62. The number of H-pyrrole nitrogens is 1. The first kappa shape index (κ1) is 11.6. The molecule has 0 atom stereocenters. The molecule has 0 fully saturated rings. The lowest BCUT2D eigenvalue weighted by molar-refractivity contribution is 0.0697. The van der Waals surface area contributed by atoms with Crippen LogP contribution in [-0.4, -0.2) is 34.6 Å². The Kier molecular flexibility index (Phi) is 3.39. The number of nitrogens with zero attached hydrogens (tertiary/aromatic N) is 1. The van der Waals surface area contributed by atoms with E-state index in [1.165, 1.54) is 0 Å². The molecule has 0 radical (unpaired) electrons. The van der Waals surface area contributed by atoms with Gasteiger partial charge >= 0.3 is 5.97 Å². The van der Waals surface area contributed by atoms with E-state index in [0.29, 0.717) is 0 Å². The molecule has 1 heterocycles. The summed E-state index contributed by atoms with van der Waals surface area (Å²) in [6.45, 7) is 0.942. The number of aromatic amines is 1. The van der Waals surface area contributed by atoms with Crippen LogP contribution in [0.1, 0.15) is 22.6 Å². The standard InChI is InChI=1S/C12H15N3O2/c1-13-6-2-3-11-14-9-5-4-8(12(16)17)7-10(9)15-11/h4-5,7,13H,2-3,6H2,1H3,(H,14,15)(H,16,17). The van der Waals surface area contributed by atoms with Crippen LogP contribution in [0.25, 0.3) is 11.0 Å². The van der Waals surface area contributed by atoms with Crippen LogP contribution in [-0.2, 0) is 6.42 Å². The molecular formula is C12H15N3O2. The Morgan fingerprint density at radius 3 is 3.06 bits per heavy atom. The van der Waals surface area contributed by atoms with Gasteiger partial charge in [-0.25, -0.2) is 9.78 Å². The summed E-state index contributed by atoms with van der Waals surface area (Å²) in [5, 5.41) is 12.0. The smallest absolute Gasteiger partial charge is 0.335 e. The summed E-state index contributed by atoms with van der Waals surface area (Å²) in [7, 11) is 1.91. The van der Waals surface area contributed by atoms with Crippen molar-refractivity contribution >= 4 is 17.0 Å². The molecule has 0 amide bonds. The largest absolute Gasteiger partial charge is 0.478 e. The summed E-state index contributed by atoms with van der Waals surface area (Å²) in [5.74, 6) is -0.0176. The highest BCUT2D eigenvalue weighted by atomic mass is 16.4. The summed E-state index contributed by atoms with van der Waals surface area (Å²) < 4.78 is 0. The SMILES string of the molecule is CNCCCc1nc2ccc(C(=O)O)cc2[nH]1. The Morgan fingerprint density at radius 2 is 2.35 bits per heavy atom. The number of imidazole rings is 1. The van der Waals surface area contributed by atoms with Gasteiger partial charge in [0, 0.05) is 6.42 Å². The highest BCUT2D eigenvalue weighted by Crippen LogP contribution is 2.14. The Morgan fingerprint density at radius 1 is 1.53 bits per heavy atom. The van der Waals surface area contributed by atoms with Crippen molar-refractivity contribution in [1.29, 1.82) is 0 Å². The van der Waals surface area contributed by atoms with Gasteiger partial charge in [-0.3, -0.25) is 0 Å². The first-order chi connectivity index (χ1) is 8.20. The highest BCUT2D eigenvalue weighted by molar-refractivity contribution is 5.92. The molecule has 17 heavy (non-hydrogen) atoms. The van der Waals surface area contributed by atoms with Gasteiger partial charge in [0.05, 0.1) is 16.6 Å². The highest BCUT2D eigenvalue weighted by Gasteiger charge is 2.07. The molecule has 0 saturated carbocycles. The number of hydrogen-bond acceptors (Lipinski definition) is 3. The van der Waals surface area contributed by atoms with Gasteiger partial charge in [-0.15, -0.1) is 0 Å². The molecule has 0 aliphatic rings. The van der Waals surface area contributed by atoms with Crippen LogP contribution < -0.4 is 5.32 Å². The van der Waals surface area contributed by atoms with Crippen LogP contribution in [0, 0.1) is 0 Å². The zero-order valence-electron chi connectivity index (χ0n) is 9.66. The summed E-state index contributed by atoms with van der Waals surface area (Å²) in [6, 6.07) is 4.92. The van der Waals surface area contributed by atoms with Crippen molar-refractivity contribution in [2.45, 2.75) is 12.8 Å². The first-order valence-corrected chi connectivity index (χ1v) is 5.57. The van der Waals surface area contributed by atoms with Crippen LogP contribution in [0.3, 0.4) is 0 Å². The lowest BCUT2D eigenvalue weighted by Gasteiger charge is -1.95. The quantitative estimate of drug-likeness (QED) is 0.682. The van der Waals surface area contributed by atoms with Gasteiger partial charge in [-0.2, -0.15) is 0 Å². The molecule has 1 aromatic heterocycles. The van der Waals surface area contributed by atoms with Crippen LogP contribution in [0.4, 0.5) is 0 Å². The minimum absolute atomic E-state index is 0.280. The van der Waals surface area contributed by atoms with Crippen LogP contribution in [0.2, 0.25) is 0 Å². The molecule has 0 spiro atoms. The molecule has 2 aromatic rings. The Labute approximate surface area is 98.9 Å². The third-order valence-electron chi connectivity index (χ3n) is 2.62. The van der Waals surface area contributed by atoms with Crippen LogP contribution in [0.5, 0.6) is 0 Å². The van der Waals surface area contributed by atoms with Crippen LogP contribution in [0.15, 0.2) is 18.2 Å². The molecule has 0 unspecified atom stereocenters. The number of aromatic carboxylic acids is 1. The van der Waals surface area contributed by atoms with Crippen molar-refractivity contribution in [1.82, 2.24) is 15.3 Å². The molecule has 0 saturated heterocycles. The predicted molar refractivity (Wildman–Crippen MR) is 65.3 cm³/mol. The van der Waals surface area contributed by atoms with E-state index in [2.05, 4.69) is 15.3 Å². The van der Waals surface area contributed by atoms with Gasteiger partial charge in [-0.05, 0) is 38.2 Å². The number of carboxylic acids is 1.